The van der Waals surface area contributed by atoms with Gasteiger partial charge in [-0.1, -0.05) is 13.8 Å². The molecule has 11 heavy (non-hydrogen) atoms. The van der Waals surface area contributed by atoms with Crippen molar-refractivity contribution in [1.82, 2.24) is 5.32 Å². The Hall–Kier alpha value is -0.0800. The van der Waals surface area contributed by atoms with Crippen LogP contribution in [0.1, 0.15) is 33.1 Å². The molecule has 0 unspecified atom stereocenters. The Labute approximate surface area is 69.0 Å². The average molecular weight is 157 g/mol. The maximum Gasteiger partial charge on any atom is 0.0459 e. The number of aliphatic hydroxyl groups is 1. The van der Waals surface area contributed by atoms with Crippen LogP contribution in [0.25, 0.3) is 0 Å². The molecule has 0 bridgehead atoms. The largest absolute Gasteiger partial charge is 0.396 e. The smallest absolute Gasteiger partial charge is 0.0459 e. The summed E-state index contributed by atoms with van der Waals surface area (Å²) in [5.74, 6) is 0.561. The molecule has 2 atom stereocenters. The topological polar surface area (TPSA) is 32.3 Å². The second-order valence-corrected chi connectivity index (χ2v) is 3.88. The highest BCUT2D eigenvalue weighted by Gasteiger charge is 2.23. The third-order valence-corrected chi connectivity index (χ3v) is 2.37. The van der Waals surface area contributed by atoms with E-state index in [0.29, 0.717) is 24.6 Å². The van der Waals surface area contributed by atoms with Crippen LogP contribution in [0.4, 0.5) is 0 Å². The van der Waals surface area contributed by atoms with Crippen LogP contribution in [0, 0.1) is 5.92 Å². The van der Waals surface area contributed by atoms with Gasteiger partial charge in [0.25, 0.3) is 0 Å². The van der Waals surface area contributed by atoms with Crippen molar-refractivity contribution in [2.45, 2.75) is 45.2 Å². The second kappa shape index (κ2) is 4.07. The molecular weight excluding hydrogens is 138 g/mol. The summed E-state index contributed by atoms with van der Waals surface area (Å²) in [6.07, 6.45) is 3.60. The normalized spacial score (nSPS) is 31.6. The Morgan fingerprint density at radius 2 is 2.18 bits per heavy atom. The minimum atomic E-state index is 0.371. The molecule has 0 radical (unpaired) electrons. The lowest BCUT2D eigenvalue weighted by molar-refractivity contribution is 0.227. The molecule has 2 N–H and O–H groups in total. The van der Waals surface area contributed by atoms with Gasteiger partial charge >= 0.3 is 0 Å². The Bertz CT molecular complexity index is 114. The van der Waals surface area contributed by atoms with Crippen LogP contribution in [0.3, 0.4) is 0 Å². The summed E-state index contributed by atoms with van der Waals surface area (Å²) in [7, 11) is 0. The van der Waals surface area contributed by atoms with E-state index in [9.17, 15) is 0 Å². The number of hydrogen-bond acceptors (Lipinski definition) is 2. The fourth-order valence-corrected chi connectivity index (χ4v) is 1.86. The van der Waals surface area contributed by atoms with Crippen molar-refractivity contribution in [2.24, 2.45) is 5.92 Å². The SMILES string of the molecule is CC(C)N[C@H]1CC[C@H](CO)C1. The van der Waals surface area contributed by atoms with Crippen molar-refractivity contribution in [3.63, 3.8) is 0 Å². The molecule has 1 fully saturated rings. The third-order valence-electron chi connectivity index (χ3n) is 2.37. The lowest BCUT2D eigenvalue weighted by Crippen LogP contribution is -2.32. The molecule has 0 heterocycles. The average Bonchev–Trinajstić information content (AvgIpc) is 2.34. The van der Waals surface area contributed by atoms with Gasteiger partial charge in [0.05, 0.1) is 0 Å². The zero-order valence-electron chi connectivity index (χ0n) is 7.51. The van der Waals surface area contributed by atoms with Gasteiger partial charge in [-0.2, -0.15) is 0 Å². The lowest BCUT2D eigenvalue weighted by atomic mass is 10.1. The van der Waals surface area contributed by atoms with E-state index in [1.165, 1.54) is 12.8 Å². The van der Waals surface area contributed by atoms with Crippen molar-refractivity contribution >= 4 is 0 Å². The molecular formula is C9H19NO. The van der Waals surface area contributed by atoms with Gasteiger partial charge in [0, 0.05) is 18.7 Å². The first-order valence-electron chi connectivity index (χ1n) is 4.59. The first-order valence-corrected chi connectivity index (χ1v) is 4.59. The minimum absolute atomic E-state index is 0.371. The van der Waals surface area contributed by atoms with Gasteiger partial charge in [-0.15, -0.1) is 0 Å². The Morgan fingerprint density at radius 1 is 1.45 bits per heavy atom. The van der Waals surface area contributed by atoms with E-state index in [4.69, 9.17) is 5.11 Å². The maximum absolute atomic E-state index is 8.89. The summed E-state index contributed by atoms with van der Waals surface area (Å²) in [6.45, 7) is 4.72. The van der Waals surface area contributed by atoms with E-state index < -0.39 is 0 Å². The lowest BCUT2D eigenvalue weighted by Gasteiger charge is -2.15. The molecule has 0 aliphatic heterocycles. The standard InChI is InChI=1S/C9H19NO/c1-7(2)10-9-4-3-8(5-9)6-11/h7-11H,3-6H2,1-2H3/t8-,9-/m0/s1. The van der Waals surface area contributed by atoms with Crippen LogP contribution in [0.5, 0.6) is 0 Å². The molecule has 1 aliphatic carbocycles. The van der Waals surface area contributed by atoms with Crippen LogP contribution in [-0.2, 0) is 0 Å². The fraction of sp³-hybridized carbons (Fsp3) is 1.00. The molecule has 2 heteroatoms. The summed E-state index contributed by atoms with van der Waals surface area (Å²) < 4.78 is 0. The highest BCUT2D eigenvalue weighted by molar-refractivity contribution is 4.80. The van der Waals surface area contributed by atoms with Gasteiger partial charge in [-0.3, -0.25) is 0 Å². The molecule has 0 spiro atoms. The summed E-state index contributed by atoms with van der Waals surface area (Å²) >= 11 is 0. The number of nitrogens with one attached hydrogen (secondary N) is 1. The van der Waals surface area contributed by atoms with E-state index in [1.807, 2.05) is 0 Å². The molecule has 2 nitrogen and oxygen atoms in total. The summed E-state index contributed by atoms with van der Waals surface area (Å²) in [6, 6.07) is 1.24. The van der Waals surface area contributed by atoms with Crippen molar-refractivity contribution < 1.29 is 5.11 Å². The Kier molecular flexibility index (Phi) is 3.34. The van der Waals surface area contributed by atoms with Gasteiger partial charge in [0.2, 0.25) is 0 Å². The van der Waals surface area contributed by atoms with Crippen molar-refractivity contribution in [2.75, 3.05) is 6.61 Å². The van der Waals surface area contributed by atoms with E-state index in [1.54, 1.807) is 0 Å². The monoisotopic (exact) mass is 157 g/mol. The van der Waals surface area contributed by atoms with Crippen molar-refractivity contribution in [1.29, 1.82) is 0 Å². The van der Waals surface area contributed by atoms with Crippen LogP contribution in [0.15, 0.2) is 0 Å². The van der Waals surface area contributed by atoms with Crippen LogP contribution in [-0.4, -0.2) is 23.8 Å². The molecule has 0 aromatic rings. The van der Waals surface area contributed by atoms with E-state index in [-0.39, 0.29) is 0 Å². The molecule has 1 rings (SSSR count). The van der Waals surface area contributed by atoms with Crippen LogP contribution >= 0.6 is 0 Å². The summed E-state index contributed by atoms with van der Waals surface area (Å²) in [4.78, 5) is 0. The fourth-order valence-electron chi connectivity index (χ4n) is 1.86. The molecule has 66 valence electrons. The highest BCUT2D eigenvalue weighted by atomic mass is 16.3. The van der Waals surface area contributed by atoms with Gasteiger partial charge in [0.1, 0.15) is 0 Å². The molecule has 1 saturated carbocycles. The Morgan fingerprint density at radius 3 is 2.64 bits per heavy atom. The second-order valence-electron chi connectivity index (χ2n) is 3.88. The number of rotatable bonds is 3. The zero-order chi connectivity index (χ0) is 8.27. The van der Waals surface area contributed by atoms with Gasteiger partial charge in [-0.25, -0.2) is 0 Å². The predicted octanol–water partition coefficient (Wildman–Crippen LogP) is 1.15. The van der Waals surface area contributed by atoms with E-state index >= 15 is 0 Å². The summed E-state index contributed by atoms with van der Waals surface area (Å²) in [5.41, 5.74) is 0. The minimum Gasteiger partial charge on any atom is -0.396 e. The number of hydrogen-bond donors (Lipinski definition) is 2. The number of aliphatic hydroxyl groups excluding tert-OH is 1. The highest BCUT2D eigenvalue weighted by Crippen LogP contribution is 2.24. The van der Waals surface area contributed by atoms with E-state index in [0.717, 1.165) is 6.42 Å². The van der Waals surface area contributed by atoms with Gasteiger partial charge in [0.15, 0.2) is 0 Å². The van der Waals surface area contributed by atoms with Gasteiger partial charge in [-0.05, 0) is 25.2 Å². The van der Waals surface area contributed by atoms with Crippen molar-refractivity contribution in [3.8, 4) is 0 Å². The van der Waals surface area contributed by atoms with Crippen LogP contribution in [0.2, 0.25) is 0 Å². The molecule has 0 aromatic carbocycles. The molecule has 0 saturated heterocycles. The van der Waals surface area contributed by atoms with Crippen molar-refractivity contribution in [3.05, 3.63) is 0 Å². The third kappa shape index (κ3) is 2.80. The first-order chi connectivity index (χ1) is 5.22. The zero-order valence-corrected chi connectivity index (χ0v) is 7.51. The Balaban J connectivity index is 2.19. The quantitative estimate of drug-likeness (QED) is 0.644. The summed E-state index contributed by atoms with van der Waals surface area (Å²) in [5, 5.41) is 12.4. The molecule has 0 aromatic heterocycles. The molecule has 1 aliphatic rings. The van der Waals surface area contributed by atoms with Gasteiger partial charge < -0.3 is 10.4 Å². The maximum atomic E-state index is 8.89. The van der Waals surface area contributed by atoms with E-state index in [2.05, 4.69) is 19.2 Å². The predicted molar refractivity (Wildman–Crippen MR) is 46.5 cm³/mol. The molecule has 0 amide bonds. The van der Waals surface area contributed by atoms with Crippen LogP contribution < -0.4 is 5.32 Å². The first kappa shape index (κ1) is 9.01.